The number of nitrogens with zero attached hydrogens (tertiary/aromatic N) is 1. The van der Waals surface area contributed by atoms with E-state index < -0.39 is 10.0 Å². The zero-order valence-electron chi connectivity index (χ0n) is 20.7. The summed E-state index contributed by atoms with van der Waals surface area (Å²) >= 11 is 6.08. The second-order valence-corrected chi connectivity index (χ2v) is 11.8. The molecule has 0 spiro atoms. The maximum Gasteiger partial charge on any atom is 0.241 e. The van der Waals surface area contributed by atoms with Gasteiger partial charge < -0.3 is 9.47 Å². The Labute approximate surface area is 208 Å². The topological polar surface area (TPSA) is 67.9 Å². The van der Waals surface area contributed by atoms with Crippen LogP contribution < -0.4 is 14.2 Å². The molecule has 2 aliphatic rings. The first-order valence-electron chi connectivity index (χ1n) is 11.9. The summed E-state index contributed by atoms with van der Waals surface area (Å²) in [5.74, 6) is 1.75. The number of nitrogens with one attached hydrogen (secondary N) is 1. The van der Waals surface area contributed by atoms with Crippen LogP contribution in [0, 0.1) is 40.5 Å². The minimum absolute atomic E-state index is 0.0417. The molecule has 2 heterocycles. The van der Waals surface area contributed by atoms with Crippen LogP contribution in [-0.2, 0) is 10.0 Å². The molecule has 0 amide bonds. The second-order valence-electron chi connectivity index (χ2n) is 9.69. The largest absolute Gasteiger partial charge is 0.486 e. The molecule has 6 nitrogen and oxygen atoms in total. The van der Waals surface area contributed by atoms with Gasteiger partial charge >= 0.3 is 0 Å². The van der Waals surface area contributed by atoms with Crippen molar-refractivity contribution in [1.29, 1.82) is 0 Å². The Morgan fingerprint density at radius 1 is 0.971 bits per heavy atom. The zero-order chi connectivity index (χ0) is 24.6. The van der Waals surface area contributed by atoms with Gasteiger partial charge in [0.15, 0.2) is 11.5 Å². The predicted molar refractivity (Wildman–Crippen MR) is 136 cm³/mol. The summed E-state index contributed by atoms with van der Waals surface area (Å²) in [7, 11) is -3.56. The van der Waals surface area contributed by atoms with E-state index in [1.807, 2.05) is 33.8 Å². The average Bonchev–Trinajstić information content (AvgIpc) is 2.81. The predicted octanol–water partition coefficient (Wildman–Crippen LogP) is 4.71. The Kier molecular flexibility index (Phi) is 7.48. The first-order chi connectivity index (χ1) is 16.1. The van der Waals surface area contributed by atoms with Gasteiger partial charge in [0.1, 0.15) is 12.7 Å². The molecule has 8 heteroatoms. The highest BCUT2D eigenvalue weighted by Gasteiger charge is 2.28. The highest BCUT2D eigenvalue weighted by molar-refractivity contribution is 7.89. The molecule has 34 heavy (non-hydrogen) atoms. The first-order valence-corrected chi connectivity index (χ1v) is 13.8. The fraction of sp³-hybridized carbons (Fsp3) is 0.538. The number of rotatable bonds is 6. The Morgan fingerprint density at radius 3 is 2.24 bits per heavy atom. The minimum Gasteiger partial charge on any atom is -0.486 e. The fourth-order valence-corrected chi connectivity index (χ4v) is 6.88. The molecule has 2 aromatic carbocycles. The quantitative estimate of drug-likeness (QED) is 0.614. The lowest BCUT2D eigenvalue weighted by Crippen LogP contribution is -2.45. The number of sulfonamides is 1. The van der Waals surface area contributed by atoms with E-state index in [2.05, 4.69) is 16.5 Å². The first kappa shape index (κ1) is 25.3. The van der Waals surface area contributed by atoms with Gasteiger partial charge in [-0.05, 0) is 106 Å². The number of halogens is 1. The van der Waals surface area contributed by atoms with Crippen molar-refractivity contribution in [2.24, 2.45) is 5.92 Å². The van der Waals surface area contributed by atoms with Gasteiger partial charge in [0.05, 0.1) is 4.90 Å². The molecule has 1 unspecified atom stereocenters. The minimum atomic E-state index is -3.56. The van der Waals surface area contributed by atoms with E-state index in [4.69, 9.17) is 21.1 Å². The third-order valence-electron chi connectivity index (χ3n) is 7.56. The van der Waals surface area contributed by atoms with Crippen molar-refractivity contribution in [2.75, 3.05) is 32.8 Å². The Bertz CT molecular complexity index is 1140. The van der Waals surface area contributed by atoms with Crippen LogP contribution in [0.2, 0.25) is 5.02 Å². The van der Waals surface area contributed by atoms with E-state index in [9.17, 15) is 8.42 Å². The zero-order valence-corrected chi connectivity index (χ0v) is 22.3. The van der Waals surface area contributed by atoms with Crippen molar-refractivity contribution in [2.45, 2.75) is 58.5 Å². The smallest absolute Gasteiger partial charge is 0.241 e. The van der Waals surface area contributed by atoms with Crippen molar-refractivity contribution in [3.8, 4) is 11.5 Å². The lowest BCUT2D eigenvalue weighted by Gasteiger charge is -2.35. The molecular formula is C26H35ClN2O4S. The average molecular weight is 507 g/mol. The summed E-state index contributed by atoms with van der Waals surface area (Å²) in [6.45, 7) is 13.5. The van der Waals surface area contributed by atoms with Crippen molar-refractivity contribution in [3.63, 3.8) is 0 Å². The lowest BCUT2D eigenvalue weighted by molar-refractivity contribution is 0.0481. The van der Waals surface area contributed by atoms with E-state index in [1.165, 1.54) is 5.56 Å². The van der Waals surface area contributed by atoms with Crippen LogP contribution >= 0.6 is 11.6 Å². The molecule has 4 rings (SSSR count). The summed E-state index contributed by atoms with van der Waals surface area (Å²) in [4.78, 5) is 2.82. The maximum atomic E-state index is 13.2. The van der Waals surface area contributed by atoms with Gasteiger partial charge in [0.25, 0.3) is 0 Å². The van der Waals surface area contributed by atoms with Gasteiger partial charge in [-0.2, -0.15) is 0 Å². The number of benzene rings is 2. The number of hydrogen-bond acceptors (Lipinski definition) is 5. The summed E-state index contributed by atoms with van der Waals surface area (Å²) in [5, 5.41) is 0.632. The summed E-state index contributed by atoms with van der Waals surface area (Å²) in [6, 6.07) is 5.43. The van der Waals surface area contributed by atoms with E-state index in [0.717, 1.165) is 60.5 Å². The van der Waals surface area contributed by atoms with Crippen molar-refractivity contribution in [1.82, 2.24) is 9.62 Å². The maximum absolute atomic E-state index is 13.2. The van der Waals surface area contributed by atoms with E-state index >= 15 is 0 Å². The number of piperidine rings is 1. The van der Waals surface area contributed by atoms with Gasteiger partial charge in [-0.15, -0.1) is 0 Å². The van der Waals surface area contributed by atoms with E-state index in [0.29, 0.717) is 34.7 Å². The lowest BCUT2D eigenvalue weighted by atomic mass is 9.95. The van der Waals surface area contributed by atoms with Crippen LogP contribution in [-0.4, -0.2) is 52.2 Å². The monoisotopic (exact) mass is 506 g/mol. The molecule has 0 saturated carbocycles. The third-order valence-corrected chi connectivity index (χ3v) is 9.49. The molecule has 0 bridgehead atoms. The van der Waals surface area contributed by atoms with E-state index in [-0.39, 0.29) is 6.10 Å². The van der Waals surface area contributed by atoms with Crippen molar-refractivity contribution < 1.29 is 17.9 Å². The number of hydrogen-bond donors (Lipinski definition) is 1. The molecule has 2 aromatic rings. The molecule has 0 radical (unpaired) electrons. The highest BCUT2D eigenvalue weighted by atomic mass is 35.5. The fourth-order valence-electron chi connectivity index (χ4n) is 5.01. The van der Waals surface area contributed by atoms with Gasteiger partial charge in [-0.25, -0.2) is 13.1 Å². The van der Waals surface area contributed by atoms with E-state index in [1.54, 1.807) is 12.1 Å². The Hall–Kier alpha value is -1.80. The van der Waals surface area contributed by atoms with Gasteiger partial charge in [0, 0.05) is 24.2 Å². The highest BCUT2D eigenvalue weighted by Crippen LogP contribution is 2.34. The van der Waals surface area contributed by atoms with Crippen LogP contribution in [0.4, 0.5) is 0 Å². The van der Waals surface area contributed by atoms with Gasteiger partial charge in [-0.3, -0.25) is 4.90 Å². The normalized spacial score (nSPS) is 19.4. The molecule has 0 aliphatic carbocycles. The number of ether oxygens (including phenoxy) is 2. The number of likely N-dealkylation sites (tertiary alicyclic amines) is 1. The molecular weight excluding hydrogens is 472 g/mol. The standard InChI is InChI=1S/C26H35ClN2O4S/c1-16-17(2)19(4)26(20(5)18(16)3)34(30,31)28-13-21-8-10-29(11-9-21)14-23-15-32-24-7-6-22(27)12-25(24)33-23/h6-7,12,21,23,28H,8-11,13-15H2,1-5H3. The second kappa shape index (κ2) is 10.1. The third kappa shape index (κ3) is 5.23. The summed E-state index contributed by atoms with van der Waals surface area (Å²) < 4.78 is 41.3. The molecule has 1 N–H and O–H groups in total. The summed E-state index contributed by atoms with van der Waals surface area (Å²) in [5.41, 5.74) is 4.97. The van der Waals surface area contributed by atoms with Crippen molar-refractivity contribution >= 4 is 21.6 Å². The summed E-state index contributed by atoms with van der Waals surface area (Å²) in [6.07, 6.45) is 1.85. The van der Waals surface area contributed by atoms with Crippen LogP contribution in [0.25, 0.3) is 0 Å². The number of fused-ring (bicyclic) bond motifs is 1. The van der Waals surface area contributed by atoms with Crippen molar-refractivity contribution in [3.05, 3.63) is 51.0 Å². The van der Waals surface area contributed by atoms with Crippen LogP contribution in [0.15, 0.2) is 23.1 Å². The Morgan fingerprint density at radius 2 is 1.59 bits per heavy atom. The molecule has 0 aromatic heterocycles. The molecule has 1 saturated heterocycles. The molecule has 186 valence electrons. The van der Waals surface area contributed by atoms with Gasteiger partial charge in [0.2, 0.25) is 10.0 Å². The van der Waals surface area contributed by atoms with Crippen LogP contribution in [0.1, 0.15) is 40.7 Å². The van der Waals surface area contributed by atoms with Crippen LogP contribution in [0.3, 0.4) is 0 Å². The van der Waals surface area contributed by atoms with Gasteiger partial charge in [-0.1, -0.05) is 11.6 Å². The van der Waals surface area contributed by atoms with Crippen LogP contribution in [0.5, 0.6) is 11.5 Å². The molecule has 2 aliphatic heterocycles. The SMILES string of the molecule is Cc1c(C)c(C)c(S(=O)(=O)NCC2CCN(CC3COc4ccc(Cl)cc4O3)CC2)c(C)c1C. The Balaban J connectivity index is 1.30. The molecule has 1 atom stereocenters. The molecule has 1 fully saturated rings.